The summed E-state index contributed by atoms with van der Waals surface area (Å²) in [4.78, 5) is 15.7. The standard InChI is InChI=1S/C17H23N5O2/c1-2-17(13-23)7-11-21(12-8-17)16(24)20-14-3-5-15(6-4-14)22-18-9-10-19-22/h3-6,9-10,23H,2,7-8,11-13H2,1H3,(H,20,24). The van der Waals surface area contributed by atoms with Crippen LogP contribution in [-0.4, -0.2) is 50.7 Å². The molecule has 1 saturated heterocycles. The Kier molecular flexibility index (Phi) is 4.80. The van der Waals surface area contributed by atoms with Crippen LogP contribution < -0.4 is 5.32 Å². The van der Waals surface area contributed by atoms with Crippen molar-refractivity contribution in [3.8, 4) is 5.69 Å². The molecule has 0 radical (unpaired) electrons. The third-order valence-corrected chi connectivity index (χ3v) is 4.96. The Morgan fingerprint density at radius 2 is 1.83 bits per heavy atom. The number of hydrogen-bond acceptors (Lipinski definition) is 4. The van der Waals surface area contributed by atoms with Gasteiger partial charge in [0.1, 0.15) is 0 Å². The van der Waals surface area contributed by atoms with Crippen molar-refractivity contribution in [1.29, 1.82) is 0 Å². The van der Waals surface area contributed by atoms with E-state index < -0.39 is 0 Å². The van der Waals surface area contributed by atoms with Crippen LogP contribution in [0, 0.1) is 5.41 Å². The number of aliphatic hydroxyl groups is 1. The topological polar surface area (TPSA) is 83.3 Å². The summed E-state index contributed by atoms with van der Waals surface area (Å²) < 4.78 is 0. The molecule has 7 heteroatoms. The van der Waals surface area contributed by atoms with Crippen molar-refractivity contribution in [2.24, 2.45) is 5.41 Å². The molecule has 2 N–H and O–H groups in total. The number of hydrogen-bond donors (Lipinski definition) is 2. The molecule has 1 aliphatic rings. The predicted octanol–water partition coefficient (Wildman–Crippen LogP) is 2.28. The second kappa shape index (κ2) is 7.00. The average molecular weight is 329 g/mol. The van der Waals surface area contributed by atoms with Gasteiger partial charge in [0.2, 0.25) is 0 Å². The molecule has 0 bridgehead atoms. The number of urea groups is 1. The van der Waals surface area contributed by atoms with E-state index >= 15 is 0 Å². The lowest BCUT2D eigenvalue weighted by molar-refractivity contribution is 0.0542. The SMILES string of the molecule is CCC1(CO)CCN(C(=O)Nc2ccc(-n3nccn3)cc2)CC1. The highest BCUT2D eigenvalue weighted by Crippen LogP contribution is 2.34. The minimum absolute atomic E-state index is 0.0187. The molecule has 0 aliphatic carbocycles. The molecule has 3 rings (SSSR count). The maximum atomic E-state index is 12.4. The number of likely N-dealkylation sites (tertiary alicyclic amines) is 1. The van der Waals surface area contributed by atoms with E-state index in [9.17, 15) is 9.90 Å². The number of nitrogens with zero attached hydrogens (tertiary/aromatic N) is 4. The molecule has 0 spiro atoms. The number of anilines is 1. The van der Waals surface area contributed by atoms with Gasteiger partial charge in [-0.3, -0.25) is 0 Å². The normalized spacial score (nSPS) is 16.8. The van der Waals surface area contributed by atoms with Crippen molar-refractivity contribution in [2.45, 2.75) is 26.2 Å². The second-order valence-corrected chi connectivity index (χ2v) is 6.29. The van der Waals surface area contributed by atoms with Crippen molar-refractivity contribution >= 4 is 11.7 Å². The molecule has 2 amide bonds. The van der Waals surface area contributed by atoms with E-state index in [1.165, 1.54) is 4.80 Å². The van der Waals surface area contributed by atoms with Gasteiger partial charge in [0, 0.05) is 25.4 Å². The quantitative estimate of drug-likeness (QED) is 0.901. The Balaban J connectivity index is 1.57. The van der Waals surface area contributed by atoms with E-state index in [0.717, 1.165) is 30.6 Å². The van der Waals surface area contributed by atoms with Crippen LogP contribution in [0.1, 0.15) is 26.2 Å². The monoisotopic (exact) mass is 329 g/mol. The zero-order chi connectivity index (χ0) is 17.0. The number of rotatable bonds is 4. The van der Waals surface area contributed by atoms with Gasteiger partial charge in [-0.15, -0.1) is 0 Å². The van der Waals surface area contributed by atoms with Crippen LogP contribution in [-0.2, 0) is 0 Å². The molecule has 24 heavy (non-hydrogen) atoms. The number of carbonyl (C=O) groups is 1. The molecule has 2 heterocycles. The van der Waals surface area contributed by atoms with Crippen molar-refractivity contribution in [2.75, 3.05) is 25.0 Å². The van der Waals surface area contributed by atoms with Gasteiger partial charge in [-0.1, -0.05) is 6.92 Å². The van der Waals surface area contributed by atoms with Gasteiger partial charge in [-0.2, -0.15) is 15.0 Å². The fraction of sp³-hybridized carbons (Fsp3) is 0.471. The number of piperidine rings is 1. The number of aliphatic hydroxyl groups excluding tert-OH is 1. The van der Waals surface area contributed by atoms with Gasteiger partial charge in [0.25, 0.3) is 0 Å². The van der Waals surface area contributed by atoms with E-state index in [1.54, 1.807) is 12.4 Å². The molecule has 2 aromatic rings. The van der Waals surface area contributed by atoms with Gasteiger partial charge in [-0.25, -0.2) is 4.79 Å². The number of carbonyl (C=O) groups excluding carboxylic acids is 1. The van der Waals surface area contributed by atoms with Crippen LogP contribution in [0.3, 0.4) is 0 Å². The smallest absolute Gasteiger partial charge is 0.321 e. The Labute approximate surface area is 141 Å². The molecule has 1 aromatic carbocycles. The number of amides is 2. The predicted molar refractivity (Wildman–Crippen MR) is 91.0 cm³/mol. The van der Waals surface area contributed by atoms with Gasteiger partial charge in [0.05, 0.1) is 18.1 Å². The van der Waals surface area contributed by atoms with Crippen LogP contribution in [0.2, 0.25) is 0 Å². The van der Waals surface area contributed by atoms with E-state index in [1.807, 2.05) is 29.2 Å². The largest absolute Gasteiger partial charge is 0.396 e. The van der Waals surface area contributed by atoms with Crippen LogP contribution in [0.5, 0.6) is 0 Å². The molecular weight excluding hydrogens is 306 g/mol. The number of nitrogens with one attached hydrogen (secondary N) is 1. The van der Waals surface area contributed by atoms with Crippen molar-refractivity contribution in [1.82, 2.24) is 19.9 Å². The Bertz CT molecular complexity index is 655. The summed E-state index contributed by atoms with van der Waals surface area (Å²) in [6.07, 6.45) is 5.88. The summed E-state index contributed by atoms with van der Waals surface area (Å²) in [6.45, 7) is 3.65. The zero-order valence-corrected chi connectivity index (χ0v) is 13.9. The van der Waals surface area contributed by atoms with Crippen LogP contribution >= 0.6 is 0 Å². The summed E-state index contributed by atoms with van der Waals surface area (Å²) in [5, 5.41) is 20.6. The fourth-order valence-electron chi connectivity index (χ4n) is 3.04. The third-order valence-electron chi connectivity index (χ3n) is 4.96. The Hall–Kier alpha value is -2.41. The van der Waals surface area contributed by atoms with Crippen LogP contribution in [0.15, 0.2) is 36.7 Å². The molecule has 1 aromatic heterocycles. The highest BCUT2D eigenvalue weighted by molar-refractivity contribution is 5.89. The lowest BCUT2D eigenvalue weighted by atomic mass is 9.77. The maximum absolute atomic E-state index is 12.4. The van der Waals surface area contributed by atoms with Crippen molar-refractivity contribution in [3.63, 3.8) is 0 Å². The molecule has 0 saturated carbocycles. The first-order chi connectivity index (χ1) is 11.7. The fourth-order valence-corrected chi connectivity index (χ4v) is 3.04. The lowest BCUT2D eigenvalue weighted by Crippen LogP contribution is -2.46. The average Bonchev–Trinajstić information content (AvgIpc) is 3.17. The van der Waals surface area contributed by atoms with E-state index in [4.69, 9.17) is 0 Å². The van der Waals surface area contributed by atoms with E-state index in [2.05, 4.69) is 22.4 Å². The second-order valence-electron chi connectivity index (χ2n) is 6.29. The molecule has 0 unspecified atom stereocenters. The van der Waals surface area contributed by atoms with Crippen LogP contribution in [0.4, 0.5) is 10.5 Å². The maximum Gasteiger partial charge on any atom is 0.321 e. The number of aromatic nitrogens is 3. The summed E-state index contributed by atoms with van der Waals surface area (Å²) in [6, 6.07) is 7.30. The molecule has 0 atom stereocenters. The molecule has 1 aliphatic heterocycles. The lowest BCUT2D eigenvalue weighted by Gasteiger charge is -2.40. The summed E-state index contributed by atoms with van der Waals surface area (Å²) in [7, 11) is 0. The summed E-state index contributed by atoms with van der Waals surface area (Å²) in [5.41, 5.74) is 1.56. The highest BCUT2D eigenvalue weighted by atomic mass is 16.3. The summed E-state index contributed by atoms with van der Waals surface area (Å²) in [5.74, 6) is 0. The Morgan fingerprint density at radius 3 is 2.38 bits per heavy atom. The Morgan fingerprint density at radius 1 is 1.21 bits per heavy atom. The molecule has 128 valence electrons. The first-order valence-corrected chi connectivity index (χ1v) is 8.29. The summed E-state index contributed by atoms with van der Waals surface area (Å²) >= 11 is 0. The van der Waals surface area contributed by atoms with Gasteiger partial charge < -0.3 is 15.3 Å². The minimum atomic E-state index is -0.0948. The molecule has 1 fully saturated rings. The van der Waals surface area contributed by atoms with Crippen molar-refractivity contribution in [3.05, 3.63) is 36.7 Å². The van der Waals surface area contributed by atoms with Gasteiger partial charge >= 0.3 is 6.03 Å². The first kappa shape index (κ1) is 16.4. The van der Waals surface area contributed by atoms with Crippen molar-refractivity contribution < 1.29 is 9.90 Å². The zero-order valence-electron chi connectivity index (χ0n) is 13.9. The number of benzene rings is 1. The van der Waals surface area contributed by atoms with E-state index in [-0.39, 0.29) is 18.1 Å². The van der Waals surface area contributed by atoms with Gasteiger partial charge in [-0.05, 0) is 48.9 Å². The van der Waals surface area contributed by atoms with E-state index in [0.29, 0.717) is 13.1 Å². The van der Waals surface area contributed by atoms with Crippen LogP contribution in [0.25, 0.3) is 5.69 Å². The molecule has 7 nitrogen and oxygen atoms in total. The minimum Gasteiger partial charge on any atom is -0.396 e. The van der Waals surface area contributed by atoms with Gasteiger partial charge in [0.15, 0.2) is 0 Å². The highest BCUT2D eigenvalue weighted by Gasteiger charge is 2.33. The third kappa shape index (κ3) is 3.41. The molecular formula is C17H23N5O2. The first-order valence-electron chi connectivity index (χ1n) is 8.29.